The van der Waals surface area contributed by atoms with E-state index < -0.39 is 0 Å². The lowest BCUT2D eigenvalue weighted by molar-refractivity contribution is 0.355. The molecular weight excluding hydrogens is 320 g/mol. The lowest BCUT2D eigenvalue weighted by atomic mass is 9.98. The van der Waals surface area contributed by atoms with Gasteiger partial charge in [-0.25, -0.2) is 0 Å². The molecule has 0 spiro atoms. The molecule has 1 aliphatic rings. The van der Waals surface area contributed by atoms with Crippen LogP contribution in [0.2, 0.25) is 0 Å². The molecule has 0 atom stereocenters. The van der Waals surface area contributed by atoms with Crippen LogP contribution in [-0.4, -0.2) is 11.6 Å². The molecule has 2 aromatic rings. The molecule has 4 nitrogen and oxygen atoms in total. The molecule has 1 aromatic heterocycles. The average molecular weight is 331 g/mol. The molecule has 5 heteroatoms. The van der Waals surface area contributed by atoms with E-state index in [9.17, 15) is 10.1 Å². The minimum atomic E-state index is -0.352. The third-order valence-corrected chi connectivity index (χ3v) is 3.92. The number of ether oxygens (including phenoxy) is 1. The van der Waals surface area contributed by atoms with Crippen LogP contribution in [0.5, 0.6) is 5.75 Å². The summed E-state index contributed by atoms with van der Waals surface area (Å²) in [5, 5.41) is 9.21. The topological polar surface area (TPSA) is 65.9 Å². The molecule has 0 amide bonds. The Morgan fingerprint density at radius 2 is 2.20 bits per heavy atom. The van der Waals surface area contributed by atoms with Crippen LogP contribution < -0.4 is 10.3 Å². The second-order valence-electron chi connectivity index (χ2n) is 4.73. The van der Waals surface area contributed by atoms with Crippen molar-refractivity contribution in [1.82, 2.24) is 4.98 Å². The van der Waals surface area contributed by atoms with Gasteiger partial charge >= 0.3 is 0 Å². The van der Waals surface area contributed by atoms with Gasteiger partial charge in [-0.15, -0.1) is 0 Å². The number of H-pyrrole nitrogens is 1. The van der Waals surface area contributed by atoms with Crippen molar-refractivity contribution >= 4 is 15.9 Å². The van der Waals surface area contributed by atoms with E-state index in [1.807, 2.05) is 24.3 Å². The Balaban J connectivity index is 2.27. The number of halogens is 1. The zero-order chi connectivity index (χ0) is 14.3. The van der Waals surface area contributed by atoms with Gasteiger partial charge in [0.15, 0.2) is 0 Å². The fraction of sp³-hybridized carbons (Fsp3) is 0.200. The maximum atomic E-state index is 11.9. The van der Waals surface area contributed by atoms with Gasteiger partial charge in [0.1, 0.15) is 17.4 Å². The third kappa shape index (κ3) is 2.02. The lowest BCUT2D eigenvalue weighted by Crippen LogP contribution is -2.12. The summed E-state index contributed by atoms with van der Waals surface area (Å²) in [6, 6.07) is 7.69. The number of rotatable bonds is 1. The predicted molar refractivity (Wildman–Crippen MR) is 78.8 cm³/mol. The van der Waals surface area contributed by atoms with Crippen molar-refractivity contribution in [1.29, 1.82) is 5.26 Å². The first kappa shape index (κ1) is 12.9. The average Bonchev–Trinajstić information content (AvgIpc) is 2.86. The highest BCUT2D eigenvalue weighted by molar-refractivity contribution is 9.10. The number of nitriles is 1. The summed E-state index contributed by atoms with van der Waals surface area (Å²) in [7, 11) is 0. The fourth-order valence-electron chi connectivity index (χ4n) is 2.44. The van der Waals surface area contributed by atoms with Gasteiger partial charge in [-0.3, -0.25) is 4.79 Å². The van der Waals surface area contributed by atoms with Crippen LogP contribution >= 0.6 is 15.9 Å². The quantitative estimate of drug-likeness (QED) is 0.874. The molecule has 2 heterocycles. The Bertz CT molecular complexity index is 803. The molecule has 1 N–H and O–H groups in total. The Hall–Kier alpha value is -2.06. The molecule has 0 radical (unpaired) electrons. The van der Waals surface area contributed by atoms with Gasteiger partial charge in [-0.2, -0.15) is 5.26 Å². The number of aromatic nitrogens is 1. The molecule has 100 valence electrons. The second-order valence-corrected chi connectivity index (χ2v) is 5.58. The fourth-order valence-corrected chi connectivity index (χ4v) is 3.06. The van der Waals surface area contributed by atoms with Crippen molar-refractivity contribution in [2.24, 2.45) is 0 Å². The number of fused-ring (bicyclic) bond motifs is 1. The highest BCUT2D eigenvalue weighted by Crippen LogP contribution is 2.38. The number of nitrogens with zero attached hydrogens (tertiary/aromatic N) is 1. The number of aryl methyl sites for hydroxylation is 1. The number of aromatic amines is 1. The number of benzene rings is 1. The summed E-state index contributed by atoms with van der Waals surface area (Å²) < 4.78 is 6.40. The maximum Gasteiger partial charge on any atom is 0.266 e. The van der Waals surface area contributed by atoms with Crippen molar-refractivity contribution in [3.05, 3.63) is 49.8 Å². The molecular formula is C15H11BrN2O2. The first-order valence-electron chi connectivity index (χ1n) is 6.20. The summed E-state index contributed by atoms with van der Waals surface area (Å²) in [5.74, 6) is 0.855. The normalized spacial score (nSPS) is 12.7. The van der Waals surface area contributed by atoms with Crippen molar-refractivity contribution < 1.29 is 4.74 Å². The molecule has 0 aliphatic carbocycles. The highest BCUT2D eigenvalue weighted by Gasteiger charge is 2.19. The smallest absolute Gasteiger partial charge is 0.266 e. The molecule has 1 aromatic carbocycles. The van der Waals surface area contributed by atoms with E-state index >= 15 is 0 Å². The van der Waals surface area contributed by atoms with Gasteiger partial charge in [-0.1, -0.05) is 0 Å². The van der Waals surface area contributed by atoms with Gasteiger partial charge in [0.05, 0.1) is 11.1 Å². The molecule has 0 saturated carbocycles. The Kier molecular flexibility index (Phi) is 3.11. The van der Waals surface area contributed by atoms with Crippen LogP contribution in [0.3, 0.4) is 0 Å². The van der Waals surface area contributed by atoms with Crippen LogP contribution in [0.25, 0.3) is 11.1 Å². The van der Waals surface area contributed by atoms with E-state index in [0.717, 1.165) is 33.5 Å². The summed E-state index contributed by atoms with van der Waals surface area (Å²) in [5.41, 5.74) is 3.13. The van der Waals surface area contributed by atoms with Crippen molar-refractivity contribution in [3.63, 3.8) is 0 Å². The van der Waals surface area contributed by atoms with Gasteiger partial charge in [0, 0.05) is 17.7 Å². The summed E-state index contributed by atoms with van der Waals surface area (Å²) in [4.78, 5) is 14.5. The Labute approximate surface area is 124 Å². The monoisotopic (exact) mass is 330 g/mol. The van der Waals surface area contributed by atoms with Crippen LogP contribution in [0.4, 0.5) is 0 Å². The zero-order valence-electron chi connectivity index (χ0n) is 10.8. The number of hydrogen-bond acceptors (Lipinski definition) is 3. The minimum absolute atomic E-state index is 0.140. The van der Waals surface area contributed by atoms with Crippen LogP contribution in [-0.2, 0) is 6.42 Å². The minimum Gasteiger partial charge on any atom is -0.492 e. The van der Waals surface area contributed by atoms with E-state index in [4.69, 9.17) is 4.74 Å². The highest BCUT2D eigenvalue weighted by atomic mass is 79.9. The number of hydrogen-bond donors (Lipinski definition) is 1. The molecule has 20 heavy (non-hydrogen) atoms. The van der Waals surface area contributed by atoms with Gasteiger partial charge in [0.25, 0.3) is 5.56 Å². The first-order chi connectivity index (χ1) is 9.60. The standard InChI is InChI=1S/C15H11BrN2O2/c1-8-4-11(12(7-17)15(19)18-8)10-5-9-2-3-20-14(9)13(16)6-10/h4-6H,2-3H2,1H3,(H,18,19). The van der Waals surface area contributed by atoms with Gasteiger partial charge in [0.2, 0.25) is 0 Å². The van der Waals surface area contributed by atoms with Crippen molar-refractivity contribution in [3.8, 4) is 22.9 Å². The van der Waals surface area contributed by atoms with Crippen molar-refractivity contribution in [2.75, 3.05) is 6.61 Å². The van der Waals surface area contributed by atoms with E-state index in [0.29, 0.717) is 12.2 Å². The summed E-state index contributed by atoms with van der Waals surface area (Å²) in [6.07, 6.45) is 0.839. The van der Waals surface area contributed by atoms with Crippen LogP contribution in [0.15, 0.2) is 27.5 Å². The summed E-state index contributed by atoms with van der Waals surface area (Å²) in [6.45, 7) is 2.47. The molecule has 0 saturated heterocycles. The number of nitrogens with one attached hydrogen (secondary N) is 1. The van der Waals surface area contributed by atoms with Crippen LogP contribution in [0, 0.1) is 18.3 Å². The molecule has 3 rings (SSSR count). The van der Waals surface area contributed by atoms with Gasteiger partial charge < -0.3 is 9.72 Å². The summed E-state index contributed by atoms with van der Waals surface area (Å²) >= 11 is 3.49. The third-order valence-electron chi connectivity index (χ3n) is 3.33. The predicted octanol–water partition coefficient (Wildman–Crippen LogP) is 2.92. The Morgan fingerprint density at radius 3 is 2.95 bits per heavy atom. The van der Waals surface area contributed by atoms with Crippen molar-refractivity contribution in [2.45, 2.75) is 13.3 Å². The molecule has 0 fully saturated rings. The van der Waals surface area contributed by atoms with E-state index in [2.05, 4.69) is 20.9 Å². The van der Waals surface area contributed by atoms with Crippen LogP contribution in [0.1, 0.15) is 16.8 Å². The maximum absolute atomic E-state index is 11.9. The zero-order valence-corrected chi connectivity index (χ0v) is 12.4. The number of pyridine rings is 1. The largest absolute Gasteiger partial charge is 0.492 e. The van der Waals surface area contributed by atoms with E-state index in [1.165, 1.54) is 0 Å². The van der Waals surface area contributed by atoms with E-state index in [1.54, 1.807) is 6.92 Å². The van der Waals surface area contributed by atoms with E-state index in [-0.39, 0.29) is 11.1 Å². The molecule has 0 bridgehead atoms. The lowest BCUT2D eigenvalue weighted by Gasteiger charge is -2.09. The SMILES string of the molecule is Cc1cc(-c2cc(Br)c3c(c2)CCO3)c(C#N)c(=O)[nH]1. The second kappa shape index (κ2) is 4.80. The molecule has 0 unspecified atom stereocenters. The first-order valence-corrected chi connectivity index (χ1v) is 6.99. The molecule has 1 aliphatic heterocycles. The van der Waals surface area contributed by atoms with Gasteiger partial charge in [-0.05, 0) is 52.2 Å². The Morgan fingerprint density at radius 1 is 1.40 bits per heavy atom.